The van der Waals surface area contributed by atoms with E-state index in [9.17, 15) is 8.78 Å². The molecule has 0 spiro atoms. The molecule has 108 valence electrons. The first-order valence-corrected chi connectivity index (χ1v) is 8.42. The number of hydrogen-bond acceptors (Lipinski definition) is 1. The molecule has 0 aliphatic heterocycles. The summed E-state index contributed by atoms with van der Waals surface area (Å²) in [5.74, 6) is -1.30. The van der Waals surface area contributed by atoms with Crippen molar-refractivity contribution in [3.8, 4) is 0 Å². The molecule has 1 heterocycles. The van der Waals surface area contributed by atoms with Crippen LogP contribution >= 0.6 is 50.5 Å². The monoisotopic (exact) mass is 406 g/mol. The maximum Gasteiger partial charge on any atom is 0.142 e. The van der Waals surface area contributed by atoms with Crippen LogP contribution in [-0.2, 0) is 0 Å². The molecular weight excluding hydrogens is 401 g/mol. The minimum Gasteiger partial charge on any atom is -0.207 e. The predicted molar refractivity (Wildman–Crippen MR) is 88.6 cm³/mol. The van der Waals surface area contributed by atoms with Gasteiger partial charge in [-0.1, -0.05) is 23.7 Å². The Hall–Kier alpha value is -0.680. The van der Waals surface area contributed by atoms with E-state index in [1.165, 1.54) is 11.3 Å². The Kier molecular flexibility index (Phi) is 4.23. The van der Waals surface area contributed by atoms with Crippen molar-refractivity contribution < 1.29 is 8.78 Å². The molecule has 0 fully saturated rings. The number of halogens is 5. The van der Waals surface area contributed by atoms with E-state index in [4.69, 9.17) is 23.2 Å². The molecule has 0 saturated carbocycles. The second-order valence-corrected chi connectivity index (χ2v) is 7.04. The topological polar surface area (TPSA) is 0 Å². The Balaban J connectivity index is 2.15. The summed E-state index contributed by atoms with van der Waals surface area (Å²) in [6, 6.07) is 7.72. The first-order chi connectivity index (χ1) is 9.99. The molecule has 3 aromatic rings. The molecule has 0 amide bonds. The van der Waals surface area contributed by atoms with Crippen molar-refractivity contribution in [2.75, 3.05) is 0 Å². The highest BCUT2D eigenvalue weighted by atomic mass is 79.9. The van der Waals surface area contributed by atoms with Crippen LogP contribution in [-0.4, -0.2) is 0 Å². The molecule has 6 heteroatoms. The van der Waals surface area contributed by atoms with E-state index >= 15 is 0 Å². The maximum absolute atomic E-state index is 14.0. The van der Waals surface area contributed by atoms with Crippen LogP contribution in [0.2, 0.25) is 5.02 Å². The van der Waals surface area contributed by atoms with Gasteiger partial charge in [0.05, 0.1) is 10.4 Å². The van der Waals surface area contributed by atoms with Crippen LogP contribution in [0.3, 0.4) is 0 Å². The number of hydrogen-bond donors (Lipinski definition) is 0. The van der Waals surface area contributed by atoms with Crippen molar-refractivity contribution in [1.29, 1.82) is 0 Å². The van der Waals surface area contributed by atoms with Gasteiger partial charge in [0, 0.05) is 14.7 Å². The van der Waals surface area contributed by atoms with Gasteiger partial charge in [-0.25, -0.2) is 8.78 Å². The quantitative estimate of drug-likeness (QED) is 0.319. The Morgan fingerprint density at radius 2 is 1.86 bits per heavy atom. The molecule has 1 unspecified atom stereocenters. The van der Waals surface area contributed by atoms with Gasteiger partial charge >= 0.3 is 0 Å². The van der Waals surface area contributed by atoms with Crippen molar-refractivity contribution in [1.82, 2.24) is 0 Å². The largest absolute Gasteiger partial charge is 0.207 e. The normalized spacial score (nSPS) is 12.8. The molecule has 0 radical (unpaired) electrons. The number of rotatable bonds is 2. The zero-order chi connectivity index (χ0) is 15.1. The van der Waals surface area contributed by atoms with E-state index in [1.807, 2.05) is 23.6 Å². The Morgan fingerprint density at radius 1 is 1.10 bits per heavy atom. The van der Waals surface area contributed by atoms with Crippen LogP contribution < -0.4 is 0 Å². The van der Waals surface area contributed by atoms with E-state index in [1.54, 1.807) is 0 Å². The lowest BCUT2D eigenvalue weighted by molar-refractivity contribution is 0.588. The van der Waals surface area contributed by atoms with Crippen molar-refractivity contribution >= 4 is 60.6 Å². The minimum absolute atomic E-state index is 0.0817. The fourth-order valence-corrected chi connectivity index (χ4v) is 4.36. The second-order valence-electron chi connectivity index (χ2n) is 4.46. The van der Waals surface area contributed by atoms with Crippen molar-refractivity contribution in [2.45, 2.75) is 5.38 Å². The van der Waals surface area contributed by atoms with Crippen LogP contribution in [0.25, 0.3) is 10.1 Å². The lowest BCUT2D eigenvalue weighted by atomic mass is 10.0. The molecule has 0 saturated heterocycles. The Morgan fingerprint density at radius 3 is 2.62 bits per heavy atom. The lowest BCUT2D eigenvalue weighted by Gasteiger charge is -2.11. The van der Waals surface area contributed by atoms with Crippen LogP contribution in [0.4, 0.5) is 8.78 Å². The van der Waals surface area contributed by atoms with E-state index in [-0.39, 0.29) is 10.6 Å². The average Bonchev–Trinajstić information content (AvgIpc) is 2.87. The third-order valence-electron chi connectivity index (χ3n) is 3.17. The highest BCUT2D eigenvalue weighted by Gasteiger charge is 2.21. The molecule has 3 rings (SSSR count). The van der Waals surface area contributed by atoms with Gasteiger partial charge in [0.25, 0.3) is 0 Å². The highest BCUT2D eigenvalue weighted by Crippen LogP contribution is 2.41. The van der Waals surface area contributed by atoms with Crippen molar-refractivity contribution in [3.63, 3.8) is 0 Å². The molecule has 1 atom stereocenters. The molecule has 0 nitrogen and oxygen atoms in total. The zero-order valence-corrected chi connectivity index (χ0v) is 14.3. The van der Waals surface area contributed by atoms with Crippen molar-refractivity contribution in [3.05, 3.63) is 68.0 Å². The summed E-state index contributed by atoms with van der Waals surface area (Å²) in [5.41, 5.74) is 0.830. The third-order valence-corrected chi connectivity index (χ3v) is 5.90. The SMILES string of the molecule is Fc1cc(C(Cl)c2csc3c(Br)cccc23)c(F)cc1Cl. The summed E-state index contributed by atoms with van der Waals surface area (Å²) < 4.78 is 29.6. The number of benzene rings is 2. The Bertz CT molecular complexity index is 832. The highest BCUT2D eigenvalue weighted by molar-refractivity contribution is 9.10. The standard InChI is InChI=1S/C15H7BrCl2F2S/c16-10-3-1-2-7-9(6-21-15(7)10)14(18)8-4-13(20)11(17)5-12(8)19/h1-6,14H. The zero-order valence-electron chi connectivity index (χ0n) is 10.3. The van der Waals surface area contributed by atoms with Gasteiger partial charge in [0.2, 0.25) is 0 Å². The lowest BCUT2D eigenvalue weighted by Crippen LogP contribution is -1.98. The van der Waals surface area contributed by atoms with E-state index in [0.29, 0.717) is 0 Å². The number of alkyl halides is 1. The molecular formula is C15H7BrCl2F2S. The summed E-state index contributed by atoms with van der Waals surface area (Å²) in [6.45, 7) is 0. The molecule has 0 bridgehead atoms. The van der Waals surface area contributed by atoms with Gasteiger partial charge < -0.3 is 0 Å². The van der Waals surface area contributed by atoms with E-state index in [2.05, 4.69) is 15.9 Å². The van der Waals surface area contributed by atoms with Gasteiger partial charge in [-0.2, -0.15) is 0 Å². The van der Waals surface area contributed by atoms with Crippen LogP contribution in [0, 0.1) is 11.6 Å². The third kappa shape index (κ3) is 2.70. The van der Waals surface area contributed by atoms with Crippen LogP contribution in [0.1, 0.15) is 16.5 Å². The summed E-state index contributed by atoms with van der Waals surface area (Å²) in [7, 11) is 0. The predicted octanol–water partition coefficient (Wildman–Crippen LogP) is 6.92. The number of thiophene rings is 1. The second kappa shape index (κ2) is 5.84. The molecule has 0 aliphatic rings. The Labute approximate surface area is 142 Å². The van der Waals surface area contributed by atoms with Crippen LogP contribution in [0.15, 0.2) is 40.2 Å². The van der Waals surface area contributed by atoms with Gasteiger partial charge in [-0.3, -0.25) is 0 Å². The smallest absolute Gasteiger partial charge is 0.142 e. The molecule has 0 aliphatic carbocycles. The van der Waals surface area contributed by atoms with Gasteiger partial charge in [-0.05, 0) is 50.5 Å². The van der Waals surface area contributed by atoms with Gasteiger partial charge in [-0.15, -0.1) is 22.9 Å². The molecule has 2 aromatic carbocycles. The molecule has 21 heavy (non-hydrogen) atoms. The van der Waals surface area contributed by atoms with E-state index in [0.717, 1.165) is 32.3 Å². The van der Waals surface area contributed by atoms with Gasteiger partial charge in [0.1, 0.15) is 11.6 Å². The summed E-state index contributed by atoms with van der Waals surface area (Å²) >= 11 is 16.9. The fourth-order valence-electron chi connectivity index (χ4n) is 2.14. The summed E-state index contributed by atoms with van der Waals surface area (Å²) in [5, 5.41) is 1.75. The van der Waals surface area contributed by atoms with E-state index < -0.39 is 17.0 Å². The van der Waals surface area contributed by atoms with Crippen LogP contribution in [0.5, 0.6) is 0 Å². The fraction of sp³-hybridized carbons (Fsp3) is 0.0667. The first-order valence-electron chi connectivity index (χ1n) is 5.93. The summed E-state index contributed by atoms with van der Waals surface area (Å²) in [4.78, 5) is 0. The summed E-state index contributed by atoms with van der Waals surface area (Å²) in [6.07, 6.45) is 0. The molecule has 0 N–H and O–H groups in total. The van der Waals surface area contributed by atoms with Crippen molar-refractivity contribution in [2.24, 2.45) is 0 Å². The molecule has 1 aromatic heterocycles. The number of fused-ring (bicyclic) bond motifs is 1. The van der Waals surface area contributed by atoms with Gasteiger partial charge in [0.15, 0.2) is 0 Å². The maximum atomic E-state index is 14.0. The first kappa shape index (κ1) is 15.2. The minimum atomic E-state index is -0.778. The average molecular weight is 408 g/mol.